The van der Waals surface area contributed by atoms with Crippen LogP contribution in [0.4, 0.5) is 8.78 Å². The number of rotatable bonds is 5. The van der Waals surface area contributed by atoms with Crippen molar-refractivity contribution in [2.45, 2.75) is 13.0 Å². The van der Waals surface area contributed by atoms with Gasteiger partial charge in [0.05, 0.1) is 5.56 Å². The second kappa shape index (κ2) is 8.93. The molecule has 178 valence electrons. The molecule has 2 aliphatic heterocycles. The molecule has 0 bridgehead atoms. The Balaban J connectivity index is 1.14. The quantitative estimate of drug-likeness (QED) is 0.432. The van der Waals surface area contributed by atoms with Crippen LogP contribution in [-0.2, 0) is 13.0 Å². The smallest absolute Gasteiger partial charge is 0.256 e. The monoisotopic (exact) mass is 471 g/mol. The van der Waals surface area contributed by atoms with Crippen LogP contribution in [0.25, 0.3) is 10.9 Å². The Morgan fingerprint density at radius 1 is 0.857 bits per heavy atom. The maximum atomic E-state index is 14.8. The summed E-state index contributed by atoms with van der Waals surface area (Å²) in [4.78, 5) is 20.6. The van der Waals surface area contributed by atoms with Crippen molar-refractivity contribution in [3.63, 3.8) is 0 Å². The highest BCUT2D eigenvalue weighted by atomic mass is 19.1. The molecule has 2 unspecified atom stereocenters. The van der Waals surface area contributed by atoms with Gasteiger partial charge >= 0.3 is 0 Å². The van der Waals surface area contributed by atoms with Crippen LogP contribution in [0, 0.1) is 23.5 Å². The SMILES string of the molecule is O=C(c1cc(Cc2cccc3[nH]ccc23)ccc1F)N1CC2CN(Cc3ccccc3F)CC2C1. The lowest BCUT2D eigenvalue weighted by Gasteiger charge is -2.22. The van der Waals surface area contributed by atoms with Gasteiger partial charge in [-0.05, 0) is 59.7 Å². The van der Waals surface area contributed by atoms with Crippen LogP contribution in [0.15, 0.2) is 72.9 Å². The summed E-state index contributed by atoms with van der Waals surface area (Å²) in [5.74, 6) is -0.216. The predicted molar refractivity (Wildman–Crippen MR) is 132 cm³/mol. The van der Waals surface area contributed by atoms with Crippen molar-refractivity contribution in [3.8, 4) is 0 Å². The molecule has 0 saturated carbocycles. The van der Waals surface area contributed by atoms with Gasteiger partial charge in [-0.1, -0.05) is 36.4 Å². The number of aromatic amines is 1. The van der Waals surface area contributed by atoms with E-state index in [1.807, 2.05) is 36.5 Å². The molecule has 4 aromatic rings. The van der Waals surface area contributed by atoms with Gasteiger partial charge in [-0.15, -0.1) is 0 Å². The van der Waals surface area contributed by atoms with E-state index in [4.69, 9.17) is 0 Å². The average Bonchev–Trinajstić information content (AvgIpc) is 3.57. The molecule has 35 heavy (non-hydrogen) atoms. The predicted octanol–water partition coefficient (Wildman–Crippen LogP) is 5.24. The summed E-state index contributed by atoms with van der Waals surface area (Å²) in [5.41, 5.74) is 3.97. The summed E-state index contributed by atoms with van der Waals surface area (Å²) >= 11 is 0. The summed E-state index contributed by atoms with van der Waals surface area (Å²) < 4.78 is 28.8. The zero-order chi connectivity index (χ0) is 23.9. The number of carbonyl (C=O) groups excluding carboxylic acids is 1. The van der Waals surface area contributed by atoms with Gasteiger partial charge in [0.2, 0.25) is 0 Å². The van der Waals surface area contributed by atoms with Crippen molar-refractivity contribution in [1.82, 2.24) is 14.8 Å². The molecular weight excluding hydrogens is 444 g/mol. The summed E-state index contributed by atoms with van der Waals surface area (Å²) in [6.07, 6.45) is 2.54. The molecule has 3 aromatic carbocycles. The number of hydrogen-bond donors (Lipinski definition) is 1. The van der Waals surface area contributed by atoms with Gasteiger partial charge in [-0.25, -0.2) is 8.78 Å². The molecule has 0 aliphatic carbocycles. The number of nitrogens with zero attached hydrogens (tertiary/aromatic N) is 2. The van der Waals surface area contributed by atoms with E-state index in [0.29, 0.717) is 43.5 Å². The third kappa shape index (κ3) is 4.23. The molecule has 4 nitrogen and oxygen atoms in total. The largest absolute Gasteiger partial charge is 0.361 e. The Hall–Kier alpha value is -3.51. The highest BCUT2D eigenvalue weighted by molar-refractivity contribution is 5.95. The number of fused-ring (bicyclic) bond motifs is 2. The minimum absolute atomic E-state index is 0.145. The second-order valence-corrected chi connectivity index (χ2v) is 9.86. The zero-order valence-electron chi connectivity index (χ0n) is 19.4. The first-order valence-electron chi connectivity index (χ1n) is 12.1. The number of carbonyl (C=O) groups is 1. The van der Waals surface area contributed by atoms with Gasteiger partial charge in [0.15, 0.2) is 0 Å². The third-order valence-corrected chi connectivity index (χ3v) is 7.54. The van der Waals surface area contributed by atoms with Gasteiger partial charge in [0.1, 0.15) is 11.6 Å². The Bertz CT molecular complexity index is 1380. The van der Waals surface area contributed by atoms with Gasteiger partial charge in [0, 0.05) is 55.4 Å². The van der Waals surface area contributed by atoms with Crippen LogP contribution in [0.2, 0.25) is 0 Å². The van der Waals surface area contributed by atoms with Crippen LogP contribution >= 0.6 is 0 Å². The molecule has 2 aliphatic rings. The molecule has 2 saturated heterocycles. The lowest BCUT2D eigenvalue weighted by atomic mass is 9.99. The van der Waals surface area contributed by atoms with Crippen LogP contribution in [0.1, 0.15) is 27.0 Å². The summed E-state index contributed by atoms with van der Waals surface area (Å²) in [6.45, 7) is 3.46. The van der Waals surface area contributed by atoms with E-state index in [0.717, 1.165) is 35.1 Å². The van der Waals surface area contributed by atoms with Crippen LogP contribution < -0.4 is 0 Å². The standard InChI is InChI=1S/C29H27F2N3O/c30-26-6-2-1-4-21(26)14-33-15-22-17-34(18-23(22)16-33)29(35)25-13-19(8-9-27(25)31)12-20-5-3-7-28-24(20)10-11-32-28/h1-11,13,22-23,32H,12,14-18H2. The van der Waals surface area contributed by atoms with Crippen molar-refractivity contribution >= 4 is 16.8 Å². The summed E-state index contributed by atoms with van der Waals surface area (Å²) in [6, 6.07) is 19.9. The van der Waals surface area contributed by atoms with Crippen molar-refractivity contribution in [3.05, 3.63) is 107 Å². The number of amides is 1. The van der Waals surface area contributed by atoms with E-state index < -0.39 is 5.82 Å². The van der Waals surface area contributed by atoms with Crippen molar-refractivity contribution in [1.29, 1.82) is 0 Å². The third-order valence-electron chi connectivity index (χ3n) is 7.54. The van der Waals surface area contributed by atoms with Gasteiger partial charge in [0.25, 0.3) is 5.91 Å². The fourth-order valence-electron chi connectivity index (χ4n) is 5.79. The normalized spacial score (nSPS) is 20.0. The number of halogens is 2. The highest BCUT2D eigenvalue weighted by Gasteiger charge is 2.42. The Kier molecular flexibility index (Phi) is 5.61. The first kappa shape index (κ1) is 22.0. The Labute approximate surface area is 203 Å². The molecule has 2 atom stereocenters. The van der Waals surface area contributed by atoms with E-state index in [1.165, 1.54) is 12.1 Å². The minimum atomic E-state index is -0.475. The van der Waals surface area contributed by atoms with E-state index in [9.17, 15) is 13.6 Å². The lowest BCUT2D eigenvalue weighted by Crippen LogP contribution is -2.33. The molecule has 2 fully saturated rings. The fraction of sp³-hybridized carbons (Fsp3) is 0.276. The molecule has 1 amide bonds. The maximum Gasteiger partial charge on any atom is 0.256 e. The highest BCUT2D eigenvalue weighted by Crippen LogP contribution is 2.33. The van der Waals surface area contributed by atoms with E-state index in [-0.39, 0.29) is 17.3 Å². The molecule has 1 aromatic heterocycles. The van der Waals surface area contributed by atoms with E-state index in [2.05, 4.69) is 16.0 Å². The molecule has 6 rings (SSSR count). The minimum Gasteiger partial charge on any atom is -0.361 e. The van der Waals surface area contributed by atoms with Gasteiger partial charge in [-0.3, -0.25) is 9.69 Å². The summed E-state index contributed by atoms with van der Waals surface area (Å²) in [7, 11) is 0. The number of H-pyrrole nitrogens is 1. The summed E-state index contributed by atoms with van der Waals surface area (Å²) in [5, 5.41) is 1.14. The van der Waals surface area contributed by atoms with Crippen molar-refractivity contribution < 1.29 is 13.6 Å². The molecular formula is C29H27F2N3O. The van der Waals surface area contributed by atoms with E-state index >= 15 is 0 Å². The van der Waals surface area contributed by atoms with Gasteiger partial charge < -0.3 is 9.88 Å². The number of nitrogens with one attached hydrogen (secondary N) is 1. The first-order chi connectivity index (χ1) is 17.0. The Morgan fingerprint density at radius 2 is 1.63 bits per heavy atom. The molecule has 0 radical (unpaired) electrons. The maximum absolute atomic E-state index is 14.8. The molecule has 0 spiro atoms. The number of benzene rings is 3. The average molecular weight is 472 g/mol. The lowest BCUT2D eigenvalue weighted by molar-refractivity contribution is 0.0768. The van der Waals surface area contributed by atoms with E-state index in [1.54, 1.807) is 23.1 Å². The fourth-order valence-corrected chi connectivity index (χ4v) is 5.79. The number of hydrogen-bond acceptors (Lipinski definition) is 2. The van der Waals surface area contributed by atoms with Crippen molar-refractivity contribution in [2.75, 3.05) is 26.2 Å². The number of aromatic nitrogens is 1. The van der Waals surface area contributed by atoms with Gasteiger partial charge in [-0.2, -0.15) is 0 Å². The second-order valence-electron chi connectivity index (χ2n) is 9.86. The first-order valence-corrected chi connectivity index (χ1v) is 12.1. The zero-order valence-corrected chi connectivity index (χ0v) is 19.4. The van der Waals surface area contributed by atoms with Crippen LogP contribution in [0.5, 0.6) is 0 Å². The van der Waals surface area contributed by atoms with Crippen molar-refractivity contribution in [2.24, 2.45) is 11.8 Å². The van der Waals surface area contributed by atoms with Crippen LogP contribution in [-0.4, -0.2) is 46.9 Å². The van der Waals surface area contributed by atoms with Crippen LogP contribution in [0.3, 0.4) is 0 Å². The molecule has 1 N–H and O–H groups in total. The molecule has 3 heterocycles. The Morgan fingerprint density at radius 3 is 2.43 bits per heavy atom. The number of likely N-dealkylation sites (tertiary alicyclic amines) is 2. The topological polar surface area (TPSA) is 39.3 Å². The molecule has 6 heteroatoms.